The van der Waals surface area contributed by atoms with Crippen LogP contribution >= 0.6 is 0 Å². The van der Waals surface area contributed by atoms with Crippen molar-refractivity contribution < 1.29 is 23.7 Å². The molecular formula is C44H67N3O5. The normalized spacial score (nSPS) is 15.6. The lowest BCUT2D eigenvalue weighted by Gasteiger charge is -2.31. The van der Waals surface area contributed by atoms with Crippen molar-refractivity contribution in [3.8, 4) is 23.8 Å². The minimum absolute atomic E-state index is 0. The summed E-state index contributed by atoms with van der Waals surface area (Å²) < 4.78 is 27.6. The van der Waals surface area contributed by atoms with Gasteiger partial charge in [-0.1, -0.05) is 51.1 Å². The molecule has 0 aliphatic carbocycles. The van der Waals surface area contributed by atoms with Crippen LogP contribution in [0.25, 0.3) is 0 Å². The second kappa shape index (κ2) is 23.7. The van der Waals surface area contributed by atoms with Gasteiger partial charge in [-0.25, -0.2) is 0 Å². The summed E-state index contributed by atoms with van der Waals surface area (Å²) >= 11 is 0. The Bertz CT molecular complexity index is 1580. The molecule has 1 fully saturated rings. The molecule has 0 N–H and O–H groups in total. The summed E-state index contributed by atoms with van der Waals surface area (Å²) in [5.41, 5.74) is 3.58. The van der Waals surface area contributed by atoms with Gasteiger partial charge < -0.3 is 23.7 Å². The quantitative estimate of drug-likeness (QED) is 0.217. The molecule has 8 nitrogen and oxygen atoms in total. The van der Waals surface area contributed by atoms with E-state index in [4.69, 9.17) is 30.1 Å². The third-order valence-corrected chi connectivity index (χ3v) is 7.78. The number of fused-ring (bicyclic) bond motifs is 2. The standard InChI is InChI=1S/C12H16O3.C12H14O.C10H12N2O.C8H17N.2CH4/c1-9(2)13-8-12-14-7-10-5-3-4-6-11(10)15-12;1-4-11-5-7-12(8-6-11)9-13-10(2)3;1-7(2)13-8-3-4-9-10(5-8)12-6-11-9;1-8(2,3)9-6-4-5-7-9;;/h3-6,9,12H,7-8H2,1-2H3;1,5-8,10H,9H2,2-3H3;3-5,7H,6H2,1-2H3;4-7H2,1-3H3;2*1H4. The molecule has 3 aliphatic heterocycles. The molecule has 52 heavy (non-hydrogen) atoms. The Morgan fingerprint density at radius 2 is 1.46 bits per heavy atom. The first kappa shape index (κ1) is 46.3. The molecular weight excluding hydrogens is 651 g/mol. The lowest BCUT2D eigenvalue weighted by Crippen LogP contribution is -2.38. The van der Waals surface area contributed by atoms with Crippen molar-refractivity contribution >= 4 is 0 Å². The molecule has 0 radical (unpaired) electrons. The number of nitrogens with zero attached hydrogens (tertiary/aromatic N) is 3. The van der Waals surface area contributed by atoms with E-state index in [1.165, 1.54) is 25.9 Å². The molecule has 8 heteroatoms. The fourth-order valence-corrected chi connectivity index (χ4v) is 5.09. The second-order valence-corrected chi connectivity index (χ2v) is 14.2. The van der Waals surface area contributed by atoms with E-state index >= 15 is 0 Å². The molecule has 3 aliphatic rings. The molecule has 1 unspecified atom stereocenters. The van der Waals surface area contributed by atoms with Crippen LogP contribution < -0.4 is 20.2 Å². The summed E-state index contributed by atoms with van der Waals surface area (Å²) in [5.74, 6) is 4.35. The monoisotopic (exact) mass is 718 g/mol. The van der Waals surface area contributed by atoms with Gasteiger partial charge in [0.1, 0.15) is 24.8 Å². The summed E-state index contributed by atoms with van der Waals surface area (Å²) in [5, 5.41) is 1.91. The molecule has 1 saturated heterocycles. The molecule has 0 aromatic heterocycles. The first-order valence-electron chi connectivity index (χ1n) is 17.9. The zero-order valence-electron chi connectivity index (χ0n) is 31.8. The van der Waals surface area contributed by atoms with Crippen LogP contribution in [0.5, 0.6) is 11.5 Å². The van der Waals surface area contributed by atoms with Gasteiger partial charge in [-0.05, 0) is 124 Å². The topological polar surface area (TPSA) is 74.1 Å². The average Bonchev–Trinajstić information content (AvgIpc) is 3.80. The van der Waals surface area contributed by atoms with Crippen molar-refractivity contribution in [3.05, 3.63) is 94.1 Å². The van der Waals surface area contributed by atoms with Gasteiger partial charge in [0.15, 0.2) is 0 Å². The predicted molar refractivity (Wildman–Crippen MR) is 214 cm³/mol. The molecule has 288 valence electrons. The molecule has 3 heterocycles. The summed E-state index contributed by atoms with van der Waals surface area (Å²) in [6.07, 6.45) is 8.44. The number of ether oxygens (including phenoxy) is 5. The highest BCUT2D eigenvalue weighted by atomic mass is 16.7. The fraction of sp³-hybridized carbons (Fsp3) is 0.545. The van der Waals surface area contributed by atoms with Crippen LogP contribution in [0.15, 0.2) is 76.7 Å². The van der Waals surface area contributed by atoms with Crippen LogP contribution in [0.4, 0.5) is 0 Å². The molecule has 1 atom stereocenters. The number of hydrogen-bond acceptors (Lipinski definition) is 8. The lowest BCUT2D eigenvalue weighted by molar-refractivity contribution is -0.150. The van der Waals surface area contributed by atoms with Gasteiger partial charge in [0.2, 0.25) is 6.29 Å². The number of para-hydroxylation sites is 1. The van der Waals surface area contributed by atoms with Crippen LogP contribution in [0.1, 0.15) is 107 Å². The van der Waals surface area contributed by atoms with Crippen molar-refractivity contribution in [2.75, 3.05) is 26.4 Å². The van der Waals surface area contributed by atoms with Gasteiger partial charge >= 0.3 is 0 Å². The van der Waals surface area contributed by atoms with Crippen LogP contribution in [-0.2, 0) is 27.4 Å². The zero-order chi connectivity index (χ0) is 36.5. The Morgan fingerprint density at radius 3 is 2.04 bits per heavy atom. The predicted octanol–water partition coefficient (Wildman–Crippen LogP) is 8.78. The smallest absolute Gasteiger partial charge is 0.223 e. The van der Waals surface area contributed by atoms with Gasteiger partial charge in [-0.3, -0.25) is 14.9 Å². The fourth-order valence-electron chi connectivity index (χ4n) is 5.09. The van der Waals surface area contributed by atoms with Gasteiger partial charge in [0, 0.05) is 22.7 Å². The Hall–Kier alpha value is -3.74. The van der Waals surface area contributed by atoms with Gasteiger partial charge in [0.05, 0.1) is 42.2 Å². The van der Waals surface area contributed by atoms with Crippen molar-refractivity contribution in [1.29, 1.82) is 0 Å². The number of hydrogen-bond donors (Lipinski definition) is 0. The minimum Gasteiger partial charge on any atom is -0.491 e. The maximum absolute atomic E-state index is 5.64. The largest absolute Gasteiger partial charge is 0.491 e. The van der Waals surface area contributed by atoms with Crippen molar-refractivity contribution in [2.45, 2.75) is 133 Å². The third kappa shape index (κ3) is 17.2. The van der Waals surface area contributed by atoms with Crippen molar-refractivity contribution in [3.63, 3.8) is 0 Å². The SMILES string of the molecule is C.C.C#Cc1ccc(COC(C)C)cc1.CC(C)(C)N1CCCC1.CC(C)OCC1OCc2ccccc2O1.CC(C)Oc1ccc2c(c1)=NCN=2. The summed E-state index contributed by atoms with van der Waals surface area (Å²) in [6, 6.07) is 21.6. The van der Waals surface area contributed by atoms with E-state index in [1.54, 1.807) is 0 Å². The van der Waals surface area contributed by atoms with Crippen molar-refractivity contribution in [1.82, 2.24) is 4.90 Å². The molecule has 3 aromatic carbocycles. The highest BCUT2D eigenvalue weighted by Crippen LogP contribution is 2.25. The Kier molecular flexibility index (Phi) is 21.1. The number of terminal acetylenes is 1. The number of likely N-dealkylation sites (tertiary alicyclic amines) is 1. The summed E-state index contributed by atoms with van der Waals surface area (Å²) in [6.45, 7) is 23.8. The van der Waals surface area contributed by atoms with E-state index in [0.29, 0.717) is 32.0 Å². The molecule has 3 aromatic rings. The van der Waals surface area contributed by atoms with Crippen LogP contribution in [-0.4, -0.2) is 61.4 Å². The minimum atomic E-state index is -0.276. The Labute approximate surface area is 315 Å². The number of benzene rings is 3. The molecule has 0 bridgehead atoms. The lowest BCUT2D eigenvalue weighted by atomic mass is 10.1. The van der Waals surface area contributed by atoms with Crippen LogP contribution in [0.2, 0.25) is 0 Å². The highest BCUT2D eigenvalue weighted by molar-refractivity contribution is 5.34. The number of rotatable bonds is 8. The first-order chi connectivity index (χ1) is 23.8. The third-order valence-electron chi connectivity index (χ3n) is 7.78. The summed E-state index contributed by atoms with van der Waals surface area (Å²) in [7, 11) is 0. The van der Waals surface area contributed by atoms with E-state index < -0.39 is 0 Å². The molecule has 0 amide bonds. The summed E-state index contributed by atoms with van der Waals surface area (Å²) in [4.78, 5) is 11.0. The van der Waals surface area contributed by atoms with Crippen LogP contribution in [0, 0.1) is 12.3 Å². The molecule has 0 spiro atoms. The zero-order valence-corrected chi connectivity index (χ0v) is 31.8. The van der Waals surface area contributed by atoms with Crippen LogP contribution in [0.3, 0.4) is 0 Å². The van der Waals surface area contributed by atoms with E-state index in [-0.39, 0.29) is 39.5 Å². The van der Waals surface area contributed by atoms with E-state index in [1.807, 2.05) is 108 Å². The maximum atomic E-state index is 5.64. The van der Waals surface area contributed by atoms with Gasteiger partial charge in [-0.15, -0.1) is 6.42 Å². The van der Waals surface area contributed by atoms with Gasteiger partial charge in [-0.2, -0.15) is 0 Å². The Morgan fingerprint density at radius 1 is 0.827 bits per heavy atom. The Balaban J connectivity index is 0.000000347. The van der Waals surface area contributed by atoms with Crippen molar-refractivity contribution in [2.24, 2.45) is 9.98 Å². The van der Waals surface area contributed by atoms with Gasteiger partial charge in [0.25, 0.3) is 0 Å². The average molecular weight is 718 g/mol. The molecule has 0 saturated carbocycles. The first-order valence-corrected chi connectivity index (χ1v) is 17.9. The maximum Gasteiger partial charge on any atom is 0.223 e. The van der Waals surface area contributed by atoms with E-state index in [9.17, 15) is 0 Å². The molecule has 6 rings (SSSR count). The highest BCUT2D eigenvalue weighted by Gasteiger charge is 2.23. The van der Waals surface area contributed by atoms with E-state index in [0.717, 1.165) is 38.9 Å². The second-order valence-electron chi connectivity index (χ2n) is 14.2. The van der Waals surface area contributed by atoms with E-state index in [2.05, 4.69) is 41.6 Å².